The SMILES string of the molecule is Nc1nccc2c(-c3ccc4nn(C5CCN(CCO)C5)c(COc5ccccc5CC(=O)O)c4c3)cccc12. The summed E-state index contributed by atoms with van der Waals surface area (Å²) in [5.41, 5.74) is 10.7. The Morgan fingerprint density at radius 2 is 1.93 bits per heavy atom. The number of aromatic nitrogens is 3. The Kier molecular flexibility index (Phi) is 7.06. The Balaban J connectivity index is 1.43. The largest absolute Gasteiger partial charge is 0.487 e. The molecule has 1 atom stereocenters. The molecule has 3 heterocycles. The van der Waals surface area contributed by atoms with E-state index in [0.29, 0.717) is 23.7 Å². The Bertz CT molecular complexity index is 1700. The predicted octanol–water partition coefficient (Wildman–Crippen LogP) is 4.28. The number of nitrogens with zero attached hydrogens (tertiary/aromatic N) is 4. The number of carboxylic acids is 1. The number of aliphatic carboxylic acids is 1. The number of aliphatic hydroxyl groups is 1. The number of carbonyl (C=O) groups is 1. The molecule has 1 unspecified atom stereocenters. The average molecular weight is 538 g/mol. The van der Waals surface area contributed by atoms with E-state index in [1.165, 1.54) is 0 Å². The highest BCUT2D eigenvalue weighted by atomic mass is 16.5. The number of hydrogen-bond donors (Lipinski definition) is 3. The smallest absolute Gasteiger partial charge is 0.307 e. The van der Waals surface area contributed by atoms with Crippen LogP contribution in [0.4, 0.5) is 5.82 Å². The van der Waals surface area contributed by atoms with Gasteiger partial charge in [0.15, 0.2) is 0 Å². The predicted molar refractivity (Wildman–Crippen MR) is 154 cm³/mol. The molecule has 40 heavy (non-hydrogen) atoms. The zero-order chi connectivity index (χ0) is 27.6. The van der Waals surface area contributed by atoms with Crippen molar-refractivity contribution >= 4 is 33.5 Å². The van der Waals surface area contributed by atoms with Crippen LogP contribution >= 0.6 is 0 Å². The molecule has 1 aliphatic rings. The Labute approximate surface area is 231 Å². The van der Waals surface area contributed by atoms with Gasteiger partial charge in [-0.2, -0.15) is 5.10 Å². The van der Waals surface area contributed by atoms with E-state index >= 15 is 0 Å². The van der Waals surface area contributed by atoms with Crippen molar-refractivity contribution in [3.63, 3.8) is 0 Å². The molecule has 9 nitrogen and oxygen atoms in total. The van der Waals surface area contributed by atoms with E-state index < -0.39 is 5.97 Å². The van der Waals surface area contributed by atoms with Gasteiger partial charge in [-0.25, -0.2) is 4.98 Å². The van der Waals surface area contributed by atoms with Crippen molar-refractivity contribution in [3.8, 4) is 16.9 Å². The highest BCUT2D eigenvalue weighted by Crippen LogP contribution is 2.35. The van der Waals surface area contributed by atoms with Crippen molar-refractivity contribution in [2.45, 2.75) is 25.5 Å². The monoisotopic (exact) mass is 537 g/mol. The van der Waals surface area contributed by atoms with Crippen LogP contribution in [0.1, 0.15) is 23.7 Å². The summed E-state index contributed by atoms with van der Waals surface area (Å²) < 4.78 is 8.36. The minimum absolute atomic E-state index is 0.113. The summed E-state index contributed by atoms with van der Waals surface area (Å²) in [6, 6.07) is 21.7. The quantitative estimate of drug-likeness (QED) is 0.254. The van der Waals surface area contributed by atoms with E-state index in [9.17, 15) is 15.0 Å². The molecule has 0 saturated carbocycles. The molecule has 5 aromatic rings. The number of carboxylic acid groups (broad SMARTS) is 1. The molecule has 0 aliphatic carbocycles. The van der Waals surface area contributed by atoms with Crippen LogP contribution in [0.2, 0.25) is 0 Å². The van der Waals surface area contributed by atoms with Gasteiger partial charge in [-0.15, -0.1) is 0 Å². The lowest BCUT2D eigenvalue weighted by Gasteiger charge is -2.18. The normalized spacial score (nSPS) is 15.7. The Morgan fingerprint density at radius 1 is 1.05 bits per heavy atom. The minimum Gasteiger partial charge on any atom is -0.487 e. The first-order valence-electron chi connectivity index (χ1n) is 13.4. The second kappa shape index (κ2) is 11.0. The fraction of sp³-hybridized carbons (Fsp3) is 0.258. The first-order valence-corrected chi connectivity index (χ1v) is 13.4. The van der Waals surface area contributed by atoms with E-state index in [4.69, 9.17) is 15.6 Å². The maximum absolute atomic E-state index is 11.4. The molecule has 4 N–H and O–H groups in total. The molecular weight excluding hydrogens is 506 g/mol. The maximum Gasteiger partial charge on any atom is 0.307 e. The van der Waals surface area contributed by atoms with Crippen LogP contribution in [0.3, 0.4) is 0 Å². The van der Waals surface area contributed by atoms with Crippen molar-refractivity contribution in [1.82, 2.24) is 19.7 Å². The molecule has 2 aromatic heterocycles. The van der Waals surface area contributed by atoms with Crippen LogP contribution in [0, 0.1) is 0 Å². The molecule has 0 radical (unpaired) electrons. The fourth-order valence-corrected chi connectivity index (χ4v) is 5.71. The van der Waals surface area contributed by atoms with Gasteiger partial charge in [0.25, 0.3) is 0 Å². The molecular formula is C31H31N5O4. The molecule has 204 valence electrons. The number of likely N-dealkylation sites (tertiary alicyclic amines) is 1. The summed E-state index contributed by atoms with van der Waals surface area (Å²) in [6.45, 7) is 2.67. The van der Waals surface area contributed by atoms with Crippen LogP contribution in [0.5, 0.6) is 5.75 Å². The first kappa shape index (κ1) is 25.8. The van der Waals surface area contributed by atoms with Crippen molar-refractivity contribution < 1.29 is 19.7 Å². The summed E-state index contributed by atoms with van der Waals surface area (Å²) in [6.07, 6.45) is 2.53. The topological polar surface area (TPSA) is 127 Å². The van der Waals surface area contributed by atoms with Crippen molar-refractivity contribution in [2.75, 3.05) is 32.0 Å². The number of nitrogen functional groups attached to an aromatic ring is 1. The maximum atomic E-state index is 11.4. The van der Waals surface area contributed by atoms with Crippen molar-refractivity contribution in [3.05, 3.63) is 84.2 Å². The summed E-state index contributed by atoms with van der Waals surface area (Å²) in [4.78, 5) is 17.9. The number of aliphatic hydroxyl groups excluding tert-OH is 1. The molecule has 0 bridgehead atoms. The van der Waals surface area contributed by atoms with E-state index in [1.807, 2.05) is 36.4 Å². The number of ether oxygens (including phenoxy) is 1. The zero-order valence-electron chi connectivity index (χ0n) is 22.0. The fourth-order valence-electron chi connectivity index (χ4n) is 5.71. The second-order valence-electron chi connectivity index (χ2n) is 10.2. The zero-order valence-corrected chi connectivity index (χ0v) is 22.0. The van der Waals surface area contributed by atoms with Crippen LogP contribution < -0.4 is 10.5 Å². The number of anilines is 1. The van der Waals surface area contributed by atoms with Gasteiger partial charge in [0.1, 0.15) is 18.2 Å². The van der Waals surface area contributed by atoms with Gasteiger partial charge in [0.2, 0.25) is 0 Å². The lowest BCUT2D eigenvalue weighted by molar-refractivity contribution is -0.136. The molecule has 6 rings (SSSR count). The number of hydrogen-bond acceptors (Lipinski definition) is 7. The lowest BCUT2D eigenvalue weighted by atomic mass is 9.97. The Hall–Kier alpha value is -4.47. The summed E-state index contributed by atoms with van der Waals surface area (Å²) in [7, 11) is 0. The van der Waals surface area contributed by atoms with Gasteiger partial charge in [-0.1, -0.05) is 42.5 Å². The molecule has 0 amide bonds. The molecule has 3 aromatic carbocycles. The van der Waals surface area contributed by atoms with E-state index in [-0.39, 0.29) is 25.7 Å². The standard InChI is InChI=1S/C31H31N5O4/c32-31-25-6-3-5-23(24(25)10-12-33-31)20-8-9-27-26(16-20)28(36(34-27)22-11-13-35(18-22)14-15-37)19-40-29-7-2-1-4-21(29)17-30(38)39/h1-10,12,16,22,37H,11,13-15,17-19H2,(H2,32,33)(H,38,39). The number of nitrogens with two attached hydrogens (primary N) is 1. The van der Waals surface area contributed by atoms with Gasteiger partial charge < -0.3 is 20.7 Å². The average Bonchev–Trinajstić information content (AvgIpc) is 3.56. The summed E-state index contributed by atoms with van der Waals surface area (Å²) in [5.74, 6) is 0.139. The Morgan fingerprint density at radius 3 is 2.77 bits per heavy atom. The van der Waals surface area contributed by atoms with Crippen LogP contribution in [0.25, 0.3) is 32.8 Å². The molecule has 1 fully saturated rings. The third kappa shape index (κ3) is 4.97. The number of fused-ring (bicyclic) bond motifs is 2. The molecule has 9 heteroatoms. The van der Waals surface area contributed by atoms with Gasteiger partial charge in [0.05, 0.1) is 30.3 Å². The van der Waals surface area contributed by atoms with Crippen LogP contribution in [-0.2, 0) is 17.8 Å². The number of β-amino-alcohol motifs (C(OH)–C–C–N with tert-alkyl or cyclic N) is 1. The molecule has 1 saturated heterocycles. The van der Waals surface area contributed by atoms with Gasteiger partial charge in [0, 0.05) is 42.2 Å². The van der Waals surface area contributed by atoms with Gasteiger partial charge >= 0.3 is 5.97 Å². The third-order valence-electron chi connectivity index (χ3n) is 7.64. The minimum atomic E-state index is -0.906. The number of para-hydroxylation sites is 1. The first-order chi connectivity index (χ1) is 19.5. The lowest BCUT2D eigenvalue weighted by Crippen LogP contribution is -2.25. The number of pyridine rings is 1. The van der Waals surface area contributed by atoms with E-state index in [0.717, 1.165) is 58.0 Å². The van der Waals surface area contributed by atoms with Crippen LogP contribution in [0.15, 0.2) is 72.9 Å². The van der Waals surface area contributed by atoms with Crippen molar-refractivity contribution in [1.29, 1.82) is 0 Å². The van der Waals surface area contributed by atoms with Crippen molar-refractivity contribution in [2.24, 2.45) is 0 Å². The highest BCUT2D eigenvalue weighted by molar-refractivity contribution is 6.02. The van der Waals surface area contributed by atoms with E-state index in [1.54, 1.807) is 18.3 Å². The highest BCUT2D eigenvalue weighted by Gasteiger charge is 2.27. The van der Waals surface area contributed by atoms with Crippen LogP contribution in [-0.4, -0.2) is 62.1 Å². The summed E-state index contributed by atoms with van der Waals surface area (Å²) >= 11 is 0. The molecule has 0 spiro atoms. The van der Waals surface area contributed by atoms with E-state index in [2.05, 4.69) is 32.8 Å². The molecule has 1 aliphatic heterocycles. The summed E-state index contributed by atoms with van der Waals surface area (Å²) in [5, 5.41) is 26.7. The second-order valence-corrected chi connectivity index (χ2v) is 10.2. The third-order valence-corrected chi connectivity index (χ3v) is 7.64. The number of benzene rings is 3. The number of rotatable bonds is 9. The van der Waals surface area contributed by atoms with Gasteiger partial charge in [-0.05, 0) is 47.2 Å². The van der Waals surface area contributed by atoms with Gasteiger partial charge in [-0.3, -0.25) is 14.4 Å².